The molecule has 4 aromatic rings. The molecule has 0 saturated carbocycles. The maximum absolute atomic E-state index is 13.0. The second-order valence-electron chi connectivity index (χ2n) is 7.02. The van der Waals surface area contributed by atoms with Crippen molar-refractivity contribution in [2.75, 3.05) is 16.2 Å². The number of hydrogen-bond donors (Lipinski definition) is 2. The number of anilines is 2. The highest BCUT2D eigenvalue weighted by atomic mass is 35.5. The normalized spacial score (nSPS) is 13.2. The molecule has 0 atom stereocenters. The summed E-state index contributed by atoms with van der Waals surface area (Å²) in [6.45, 7) is -0.00281. The molecule has 9 nitrogen and oxygen atoms in total. The van der Waals surface area contributed by atoms with Crippen molar-refractivity contribution in [3.8, 4) is 11.5 Å². The van der Waals surface area contributed by atoms with Crippen LogP contribution in [0.3, 0.4) is 0 Å². The summed E-state index contributed by atoms with van der Waals surface area (Å²) in [5.41, 5.74) is 0.289. The van der Waals surface area contributed by atoms with E-state index in [0.29, 0.717) is 22.5 Å². The highest BCUT2D eigenvalue weighted by molar-refractivity contribution is 7.93. The van der Waals surface area contributed by atoms with E-state index in [0.717, 1.165) is 0 Å². The first-order valence-corrected chi connectivity index (χ1v) is 12.8. The molecular formula is C21H15ClN2O7S2. The summed E-state index contributed by atoms with van der Waals surface area (Å²) in [6.07, 6.45) is 0. The zero-order chi connectivity index (χ0) is 23.2. The fourth-order valence-corrected chi connectivity index (χ4v) is 5.53. The molecule has 33 heavy (non-hydrogen) atoms. The van der Waals surface area contributed by atoms with Gasteiger partial charge in [-0.25, -0.2) is 8.42 Å². The van der Waals surface area contributed by atoms with Crippen LogP contribution in [0, 0.1) is 0 Å². The maximum Gasteiger partial charge on any atom is 0.295 e. The first kappa shape index (κ1) is 21.4. The summed E-state index contributed by atoms with van der Waals surface area (Å²) < 4.78 is 72.4. The topological polar surface area (TPSA) is 124 Å². The van der Waals surface area contributed by atoms with Crippen molar-refractivity contribution in [3.63, 3.8) is 0 Å². The van der Waals surface area contributed by atoms with Crippen LogP contribution >= 0.6 is 11.6 Å². The van der Waals surface area contributed by atoms with E-state index in [1.807, 2.05) is 0 Å². The molecule has 0 spiro atoms. The van der Waals surface area contributed by atoms with E-state index >= 15 is 0 Å². The van der Waals surface area contributed by atoms with E-state index < -0.39 is 20.0 Å². The van der Waals surface area contributed by atoms with Crippen molar-refractivity contribution in [1.29, 1.82) is 0 Å². The van der Waals surface area contributed by atoms with Gasteiger partial charge in [-0.3, -0.25) is 9.44 Å². The lowest BCUT2D eigenvalue weighted by atomic mass is 10.3. The van der Waals surface area contributed by atoms with E-state index in [2.05, 4.69) is 9.44 Å². The van der Waals surface area contributed by atoms with Gasteiger partial charge < -0.3 is 13.9 Å². The number of rotatable bonds is 6. The van der Waals surface area contributed by atoms with Crippen LogP contribution in [0.25, 0.3) is 11.0 Å². The largest absolute Gasteiger partial charge is 0.454 e. The quantitative estimate of drug-likeness (QED) is 0.396. The number of para-hydroxylation sites is 1. The van der Waals surface area contributed by atoms with E-state index in [1.54, 1.807) is 24.3 Å². The lowest BCUT2D eigenvalue weighted by Crippen LogP contribution is -2.17. The molecule has 2 N–H and O–H groups in total. The molecule has 5 rings (SSSR count). The molecule has 170 valence electrons. The van der Waals surface area contributed by atoms with E-state index in [9.17, 15) is 16.8 Å². The van der Waals surface area contributed by atoms with Crippen LogP contribution in [0.2, 0.25) is 5.02 Å². The van der Waals surface area contributed by atoms with Crippen molar-refractivity contribution in [3.05, 3.63) is 71.8 Å². The third-order valence-corrected chi connectivity index (χ3v) is 7.61. The van der Waals surface area contributed by atoms with Gasteiger partial charge in [-0.05, 0) is 36.4 Å². The van der Waals surface area contributed by atoms with Crippen molar-refractivity contribution >= 4 is 54.0 Å². The Morgan fingerprint density at radius 3 is 2.33 bits per heavy atom. The molecule has 3 aromatic carbocycles. The summed E-state index contributed by atoms with van der Waals surface area (Å²) in [4.78, 5) is -0.0900. The second kappa shape index (κ2) is 7.87. The van der Waals surface area contributed by atoms with E-state index in [-0.39, 0.29) is 33.2 Å². The molecule has 0 amide bonds. The van der Waals surface area contributed by atoms with E-state index in [1.165, 1.54) is 42.5 Å². The first-order chi connectivity index (χ1) is 15.7. The van der Waals surface area contributed by atoms with Gasteiger partial charge in [-0.15, -0.1) is 0 Å². The minimum absolute atomic E-state index is 0.00281. The van der Waals surface area contributed by atoms with Crippen LogP contribution in [0.5, 0.6) is 11.5 Å². The number of hydrogen-bond acceptors (Lipinski definition) is 7. The van der Waals surface area contributed by atoms with Crippen LogP contribution < -0.4 is 18.9 Å². The van der Waals surface area contributed by atoms with Crippen molar-refractivity contribution in [1.82, 2.24) is 0 Å². The fraction of sp³-hybridized carbons (Fsp3) is 0.0476. The minimum atomic E-state index is -4.19. The van der Waals surface area contributed by atoms with Gasteiger partial charge >= 0.3 is 0 Å². The molecule has 1 aromatic heterocycles. The molecular weight excluding hydrogens is 492 g/mol. The smallest absolute Gasteiger partial charge is 0.295 e. The van der Waals surface area contributed by atoms with Crippen LogP contribution in [-0.4, -0.2) is 23.6 Å². The number of nitrogens with one attached hydrogen (secondary N) is 2. The van der Waals surface area contributed by atoms with Gasteiger partial charge in [0.2, 0.25) is 11.9 Å². The Morgan fingerprint density at radius 2 is 1.52 bits per heavy atom. The molecule has 0 unspecified atom stereocenters. The molecule has 1 aliphatic rings. The van der Waals surface area contributed by atoms with Crippen LogP contribution in [0.15, 0.2) is 81.1 Å². The van der Waals surface area contributed by atoms with Gasteiger partial charge in [0.1, 0.15) is 5.58 Å². The molecule has 0 saturated heterocycles. The van der Waals surface area contributed by atoms with Crippen LogP contribution in [-0.2, 0) is 20.0 Å². The Bertz CT molecular complexity index is 1570. The number of benzene rings is 3. The van der Waals surface area contributed by atoms with Crippen LogP contribution in [0.1, 0.15) is 0 Å². The number of furan rings is 1. The van der Waals surface area contributed by atoms with Gasteiger partial charge in [-0.2, -0.15) is 8.42 Å². The average Bonchev–Trinajstić information content (AvgIpc) is 3.42. The summed E-state index contributed by atoms with van der Waals surface area (Å²) in [5, 5.41) is 0.476. The average molecular weight is 507 g/mol. The van der Waals surface area contributed by atoms with Crippen molar-refractivity contribution in [2.45, 2.75) is 9.99 Å². The molecule has 0 radical (unpaired) electrons. The number of fused-ring (bicyclic) bond motifs is 2. The molecule has 2 heterocycles. The van der Waals surface area contributed by atoms with Crippen molar-refractivity contribution < 1.29 is 30.7 Å². The minimum Gasteiger partial charge on any atom is -0.454 e. The Labute approximate surface area is 194 Å². The van der Waals surface area contributed by atoms with Gasteiger partial charge in [0.25, 0.3) is 20.0 Å². The number of ether oxygens (including phenoxy) is 2. The maximum atomic E-state index is 13.0. The molecule has 12 heteroatoms. The zero-order valence-corrected chi connectivity index (χ0v) is 19.0. The summed E-state index contributed by atoms with van der Waals surface area (Å²) in [5.74, 6) is 0.722. The third kappa shape index (κ3) is 4.17. The van der Waals surface area contributed by atoms with Crippen molar-refractivity contribution in [2.24, 2.45) is 0 Å². The van der Waals surface area contributed by atoms with Gasteiger partial charge in [0, 0.05) is 22.5 Å². The highest BCUT2D eigenvalue weighted by Crippen LogP contribution is 2.36. The lowest BCUT2D eigenvalue weighted by Gasteiger charge is -2.14. The van der Waals surface area contributed by atoms with Gasteiger partial charge in [0.15, 0.2) is 11.5 Å². The van der Waals surface area contributed by atoms with E-state index in [4.69, 9.17) is 25.5 Å². The summed E-state index contributed by atoms with van der Waals surface area (Å²) in [6, 6.07) is 16.4. The summed E-state index contributed by atoms with van der Waals surface area (Å²) >= 11 is 6.04. The van der Waals surface area contributed by atoms with Crippen LogP contribution in [0.4, 0.5) is 11.4 Å². The standard InChI is InChI=1S/C21H15ClN2O7S2/c22-14-5-7-16(23-32(25,26)15-6-8-19-20(11-15)30-12-29-19)17(10-14)24-33(27,28)21-9-13-3-1-2-4-18(13)31-21/h1-11,23-24H,12H2. The highest BCUT2D eigenvalue weighted by Gasteiger charge is 2.24. The Morgan fingerprint density at radius 1 is 0.758 bits per heavy atom. The number of halogens is 1. The third-order valence-electron chi connectivity index (χ3n) is 4.79. The van der Waals surface area contributed by atoms with Gasteiger partial charge in [-0.1, -0.05) is 29.8 Å². The monoisotopic (exact) mass is 506 g/mol. The number of sulfonamides is 2. The Kier molecular flexibility index (Phi) is 5.11. The predicted molar refractivity (Wildman–Crippen MR) is 122 cm³/mol. The zero-order valence-electron chi connectivity index (χ0n) is 16.6. The Hall–Kier alpha value is -3.41. The molecule has 0 aliphatic carbocycles. The Balaban J connectivity index is 1.48. The first-order valence-electron chi connectivity index (χ1n) is 9.45. The SMILES string of the molecule is O=S(=O)(Nc1ccc(Cl)cc1NS(=O)(=O)c1cc2ccccc2o1)c1ccc2c(c1)OCO2. The lowest BCUT2D eigenvalue weighted by molar-refractivity contribution is 0.174. The molecule has 0 bridgehead atoms. The fourth-order valence-electron chi connectivity index (χ4n) is 3.22. The summed E-state index contributed by atoms with van der Waals surface area (Å²) in [7, 11) is -8.29. The molecule has 1 aliphatic heterocycles. The molecule has 0 fully saturated rings. The predicted octanol–water partition coefficient (Wildman–Crippen LogP) is 4.42. The second-order valence-corrected chi connectivity index (χ2v) is 10.8. The van der Waals surface area contributed by atoms with Gasteiger partial charge in [0.05, 0.1) is 16.3 Å².